The number of likely N-dealkylation sites (tertiary alicyclic amines) is 1. The van der Waals surface area contributed by atoms with Crippen LogP contribution in [0.25, 0.3) is 0 Å². The Balaban J connectivity index is 2.33. The number of piperidine rings is 1. The fraction of sp³-hybridized carbons (Fsp3) is 0.800. The summed E-state index contributed by atoms with van der Waals surface area (Å²) in [5, 5.41) is 8.01. The maximum Gasteiger partial charge on any atom is 0.0669 e. The number of rotatable bonds is 5. The molecule has 0 aliphatic carbocycles. The fourth-order valence-electron chi connectivity index (χ4n) is 3.51. The van der Waals surface area contributed by atoms with Crippen molar-refractivity contribution in [2.45, 2.75) is 39.2 Å². The molecule has 1 aliphatic heterocycles. The Hall–Kier alpha value is -0.870. The molecule has 1 saturated heterocycles. The molecule has 2 heterocycles. The standard InChI is InChI=1S/C15H28N4/c1-5-14-13(11-18(4)17-14)15-12(10-16-3)8-7-9-19(15)6-2/h11-12,15-16H,5-10H2,1-4H3. The molecule has 1 N–H and O–H groups in total. The van der Waals surface area contributed by atoms with Crippen molar-refractivity contribution in [1.82, 2.24) is 20.0 Å². The van der Waals surface area contributed by atoms with Crippen molar-refractivity contribution >= 4 is 0 Å². The van der Waals surface area contributed by atoms with Crippen LogP contribution in [0.5, 0.6) is 0 Å². The van der Waals surface area contributed by atoms with E-state index in [1.54, 1.807) is 0 Å². The third-order valence-electron chi connectivity index (χ3n) is 4.32. The topological polar surface area (TPSA) is 33.1 Å². The van der Waals surface area contributed by atoms with Gasteiger partial charge in [0.25, 0.3) is 0 Å². The van der Waals surface area contributed by atoms with E-state index in [2.05, 4.69) is 42.4 Å². The van der Waals surface area contributed by atoms with E-state index in [1.807, 2.05) is 11.7 Å². The Kier molecular flexibility index (Phi) is 4.99. The minimum Gasteiger partial charge on any atom is -0.319 e. The molecule has 4 heteroatoms. The van der Waals surface area contributed by atoms with Gasteiger partial charge < -0.3 is 5.32 Å². The summed E-state index contributed by atoms with van der Waals surface area (Å²) in [5.41, 5.74) is 2.72. The number of aromatic nitrogens is 2. The molecular weight excluding hydrogens is 236 g/mol. The molecule has 0 spiro atoms. The van der Waals surface area contributed by atoms with Crippen LogP contribution in [-0.4, -0.2) is 41.4 Å². The summed E-state index contributed by atoms with van der Waals surface area (Å²) in [4.78, 5) is 2.63. The van der Waals surface area contributed by atoms with Gasteiger partial charge in [0.15, 0.2) is 0 Å². The van der Waals surface area contributed by atoms with Gasteiger partial charge in [0.2, 0.25) is 0 Å². The Labute approximate surface area is 117 Å². The molecular formula is C15H28N4. The summed E-state index contributed by atoms with van der Waals surface area (Å²) >= 11 is 0. The zero-order valence-electron chi connectivity index (χ0n) is 12.8. The molecule has 19 heavy (non-hydrogen) atoms. The van der Waals surface area contributed by atoms with Crippen molar-refractivity contribution in [3.63, 3.8) is 0 Å². The Morgan fingerprint density at radius 2 is 2.21 bits per heavy atom. The first kappa shape index (κ1) is 14.5. The molecule has 0 amide bonds. The highest BCUT2D eigenvalue weighted by Crippen LogP contribution is 2.36. The fourth-order valence-corrected chi connectivity index (χ4v) is 3.51. The van der Waals surface area contributed by atoms with Crippen molar-refractivity contribution in [3.8, 4) is 0 Å². The highest BCUT2D eigenvalue weighted by molar-refractivity contribution is 5.23. The number of hydrogen-bond acceptors (Lipinski definition) is 3. The number of nitrogens with zero attached hydrogens (tertiary/aromatic N) is 3. The zero-order valence-corrected chi connectivity index (χ0v) is 12.8. The number of aryl methyl sites for hydroxylation is 2. The monoisotopic (exact) mass is 264 g/mol. The molecule has 1 fully saturated rings. The van der Waals surface area contributed by atoms with Crippen LogP contribution in [0, 0.1) is 5.92 Å². The predicted octanol–water partition coefficient (Wildman–Crippen LogP) is 1.97. The Bertz CT molecular complexity index is 397. The summed E-state index contributed by atoms with van der Waals surface area (Å²) in [6.45, 7) is 7.93. The van der Waals surface area contributed by atoms with E-state index in [1.165, 1.54) is 30.6 Å². The molecule has 108 valence electrons. The normalized spacial score (nSPS) is 24.8. The van der Waals surface area contributed by atoms with Gasteiger partial charge in [-0.1, -0.05) is 13.8 Å². The lowest BCUT2D eigenvalue weighted by Gasteiger charge is -2.41. The van der Waals surface area contributed by atoms with E-state index < -0.39 is 0 Å². The summed E-state index contributed by atoms with van der Waals surface area (Å²) in [5.74, 6) is 0.702. The molecule has 2 rings (SSSR count). The van der Waals surface area contributed by atoms with Gasteiger partial charge in [-0.25, -0.2) is 0 Å². The third kappa shape index (κ3) is 3.00. The molecule has 4 nitrogen and oxygen atoms in total. The smallest absolute Gasteiger partial charge is 0.0669 e. The second-order valence-electron chi connectivity index (χ2n) is 5.59. The van der Waals surface area contributed by atoms with Gasteiger partial charge >= 0.3 is 0 Å². The van der Waals surface area contributed by atoms with Gasteiger partial charge in [-0.2, -0.15) is 5.10 Å². The van der Waals surface area contributed by atoms with Gasteiger partial charge in [-0.05, 0) is 51.9 Å². The van der Waals surface area contributed by atoms with Crippen LogP contribution in [0.1, 0.15) is 44.0 Å². The molecule has 0 bridgehead atoms. The molecule has 1 aliphatic rings. The third-order valence-corrected chi connectivity index (χ3v) is 4.32. The summed E-state index contributed by atoms with van der Waals surface area (Å²) < 4.78 is 1.98. The molecule has 1 aromatic rings. The summed E-state index contributed by atoms with van der Waals surface area (Å²) in [6, 6.07) is 0.537. The average Bonchev–Trinajstić information content (AvgIpc) is 2.79. The quantitative estimate of drug-likeness (QED) is 0.883. The maximum absolute atomic E-state index is 4.64. The lowest BCUT2D eigenvalue weighted by atomic mass is 9.84. The molecule has 0 radical (unpaired) electrons. The van der Waals surface area contributed by atoms with Crippen LogP contribution in [0.2, 0.25) is 0 Å². The van der Waals surface area contributed by atoms with Crippen LogP contribution >= 0.6 is 0 Å². The minimum atomic E-state index is 0.537. The van der Waals surface area contributed by atoms with Crippen molar-refractivity contribution in [2.24, 2.45) is 13.0 Å². The lowest BCUT2D eigenvalue weighted by Crippen LogP contribution is -2.42. The average molecular weight is 264 g/mol. The molecule has 0 aromatic carbocycles. The molecule has 0 saturated carbocycles. The predicted molar refractivity (Wildman–Crippen MR) is 79.2 cm³/mol. The van der Waals surface area contributed by atoms with E-state index in [-0.39, 0.29) is 0 Å². The Morgan fingerprint density at radius 1 is 1.42 bits per heavy atom. The first-order valence-electron chi connectivity index (χ1n) is 7.62. The zero-order chi connectivity index (χ0) is 13.8. The van der Waals surface area contributed by atoms with Gasteiger partial charge in [0.1, 0.15) is 0 Å². The second kappa shape index (κ2) is 6.53. The van der Waals surface area contributed by atoms with Crippen LogP contribution in [0.3, 0.4) is 0 Å². The SMILES string of the molecule is CCc1nn(C)cc1C1C(CNC)CCCN1CC. The largest absolute Gasteiger partial charge is 0.319 e. The van der Waals surface area contributed by atoms with Gasteiger partial charge in [-0.15, -0.1) is 0 Å². The van der Waals surface area contributed by atoms with Gasteiger partial charge in [-0.3, -0.25) is 9.58 Å². The number of hydrogen-bond donors (Lipinski definition) is 1. The second-order valence-corrected chi connectivity index (χ2v) is 5.59. The van der Waals surface area contributed by atoms with Crippen LogP contribution < -0.4 is 5.32 Å². The molecule has 2 atom stereocenters. The van der Waals surface area contributed by atoms with E-state index in [9.17, 15) is 0 Å². The van der Waals surface area contributed by atoms with Gasteiger partial charge in [0.05, 0.1) is 5.69 Å². The van der Waals surface area contributed by atoms with E-state index >= 15 is 0 Å². The van der Waals surface area contributed by atoms with Crippen molar-refractivity contribution in [2.75, 3.05) is 26.7 Å². The maximum atomic E-state index is 4.64. The molecule has 2 unspecified atom stereocenters. The first-order chi connectivity index (χ1) is 9.21. The molecule has 1 aromatic heterocycles. The van der Waals surface area contributed by atoms with Crippen molar-refractivity contribution in [3.05, 3.63) is 17.5 Å². The highest BCUT2D eigenvalue weighted by atomic mass is 15.3. The van der Waals surface area contributed by atoms with Gasteiger partial charge in [0, 0.05) is 24.8 Å². The van der Waals surface area contributed by atoms with E-state index in [0.717, 1.165) is 19.5 Å². The summed E-state index contributed by atoms with van der Waals surface area (Å²) in [7, 11) is 4.10. The van der Waals surface area contributed by atoms with Crippen LogP contribution in [-0.2, 0) is 13.5 Å². The number of nitrogens with one attached hydrogen (secondary N) is 1. The minimum absolute atomic E-state index is 0.537. The van der Waals surface area contributed by atoms with E-state index in [0.29, 0.717) is 12.0 Å². The summed E-state index contributed by atoms with van der Waals surface area (Å²) in [6.07, 6.45) is 5.90. The Morgan fingerprint density at radius 3 is 2.84 bits per heavy atom. The highest BCUT2D eigenvalue weighted by Gasteiger charge is 2.33. The van der Waals surface area contributed by atoms with Crippen molar-refractivity contribution < 1.29 is 0 Å². The lowest BCUT2D eigenvalue weighted by molar-refractivity contribution is 0.0975. The van der Waals surface area contributed by atoms with Crippen molar-refractivity contribution in [1.29, 1.82) is 0 Å². The van der Waals surface area contributed by atoms with Crippen LogP contribution in [0.15, 0.2) is 6.20 Å². The van der Waals surface area contributed by atoms with Crippen LogP contribution in [0.4, 0.5) is 0 Å². The first-order valence-corrected chi connectivity index (χ1v) is 7.62. The van der Waals surface area contributed by atoms with E-state index in [4.69, 9.17) is 0 Å².